The van der Waals surface area contributed by atoms with Gasteiger partial charge in [0.2, 0.25) is 5.91 Å². The van der Waals surface area contributed by atoms with Crippen LogP contribution in [0.15, 0.2) is 18.2 Å². The van der Waals surface area contributed by atoms with E-state index < -0.39 is 0 Å². The van der Waals surface area contributed by atoms with Crippen molar-refractivity contribution < 1.29 is 9.18 Å². The minimum absolute atomic E-state index is 0.0843. The summed E-state index contributed by atoms with van der Waals surface area (Å²) in [5, 5.41) is 6.43. The third-order valence-corrected chi connectivity index (χ3v) is 5.72. The Labute approximate surface area is 150 Å². The van der Waals surface area contributed by atoms with Gasteiger partial charge in [0.05, 0.1) is 0 Å². The molecule has 0 aromatic heterocycles. The van der Waals surface area contributed by atoms with Gasteiger partial charge in [0.15, 0.2) is 0 Å². The highest BCUT2D eigenvalue weighted by molar-refractivity contribution is 5.78. The van der Waals surface area contributed by atoms with Crippen LogP contribution in [0.25, 0.3) is 0 Å². The topological polar surface area (TPSA) is 44.4 Å². The number of hydrogen-bond donors (Lipinski definition) is 2. The number of nitrogens with zero attached hydrogens (tertiary/aromatic N) is 1. The Balaban J connectivity index is 1.42. The lowest BCUT2D eigenvalue weighted by atomic mass is 9.87. The number of halogens is 1. The minimum Gasteiger partial charge on any atom is -0.352 e. The summed E-state index contributed by atoms with van der Waals surface area (Å²) >= 11 is 0. The van der Waals surface area contributed by atoms with Crippen LogP contribution in [0, 0.1) is 24.1 Å². The molecule has 0 radical (unpaired) electrons. The highest BCUT2D eigenvalue weighted by Crippen LogP contribution is 2.28. The second-order valence-electron chi connectivity index (χ2n) is 8.09. The van der Waals surface area contributed by atoms with Crippen molar-refractivity contribution in [1.82, 2.24) is 15.5 Å². The van der Waals surface area contributed by atoms with Crippen molar-refractivity contribution in [2.45, 2.75) is 39.7 Å². The number of hydrogen-bond acceptors (Lipinski definition) is 3. The Hall–Kier alpha value is -1.46. The van der Waals surface area contributed by atoms with E-state index in [2.05, 4.69) is 22.5 Å². The van der Waals surface area contributed by atoms with Crippen molar-refractivity contribution in [2.75, 3.05) is 32.7 Å². The molecular formula is C20H30FN3O. The smallest absolute Gasteiger partial charge is 0.223 e. The zero-order valence-electron chi connectivity index (χ0n) is 15.4. The minimum atomic E-state index is -0.213. The van der Waals surface area contributed by atoms with Crippen LogP contribution in [0.2, 0.25) is 0 Å². The van der Waals surface area contributed by atoms with Gasteiger partial charge in [0.25, 0.3) is 0 Å². The molecule has 2 saturated heterocycles. The number of nitrogens with one attached hydrogen (secondary N) is 2. The molecule has 1 unspecified atom stereocenters. The van der Waals surface area contributed by atoms with E-state index in [0.717, 1.165) is 51.1 Å². The van der Waals surface area contributed by atoms with Crippen molar-refractivity contribution >= 4 is 5.91 Å². The van der Waals surface area contributed by atoms with Crippen LogP contribution < -0.4 is 10.6 Å². The van der Waals surface area contributed by atoms with Gasteiger partial charge in [-0.05, 0) is 68.4 Å². The van der Waals surface area contributed by atoms with Gasteiger partial charge < -0.3 is 15.5 Å². The van der Waals surface area contributed by atoms with Crippen LogP contribution in [0.3, 0.4) is 0 Å². The Morgan fingerprint density at radius 3 is 2.80 bits per heavy atom. The summed E-state index contributed by atoms with van der Waals surface area (Å²) in [5.41, 5.74) is 1.83. The SMILES string of the molecule is Cc1ccc(CNC(=O)C2CCN(CC3(C)CCNC3)CC2)cc1F. The van der Waals surface area contributed by atoms with Crippen molar-refractivity contribution in [2.24, 2.45) is 11.3 Å². The number of likely N-dealkylation sites (tertiary alicyclic amines) is 1. The molecule has 2 aliphatic heterocycles. The van der Waals surface area contributed by atoms with E-state index in [9.17, 15) is 9.18 Å². The molecule has 0 saturated carbocycles. The van der Waals surface area contributed by atoms with Gasteiger partial charge in [0, 0.05) is 25.6 Å². The van der Waals surface area contributed by atoms with Crippen LogP contribution >= 0.6 is 0 Å². The molecule has 2 aliphatic rings. The predicted octanol–water partition coefficient (Wildman–Crippen LogP) is 2.46. The molecule has 25 heavy (non-hydrogen) atoms. The summed E-state index contributed by atoms with van der Waals surface area (Å²) in [6.45, 7) is 9.83. The summed E-state index contributed by atoms with van der Waals surface area (Å²) in [7, 11) is 0. The second kappa shape index (κ2) is 7.83. The molecule has 1 amide bonds. The van der Waals surface area contributed by atoms with E-state index in [-0.39, 0.29) is 17.6 Å². The quantitative estimate of drug-likeness (QED) is 0.860. The maximum atomic E-state index is 13.6. The lowest BCUT2D eigenvalue weighted by Crippen LogP contribution is -2.44. The number of rotatable bonds is 5. The fraction of sp³-hybridized carbons (Fsp3) is 0.650. The fourth-order valence-electron chi connectivity index (χ4n) is 3.98. The normalized spacial score (nSPS) is 25.2. The number of amides is 1. The molecule has 2 N–H and O–H groups in total. The van der Waals surface area contributed by atoms with Gasteiger partial charge >= 0.3 is 0 Å². The van der Waals surface area contributed by atoms with E-state index in [1.165, 1.54) is 12.5 Å². The molecule has 2 fully saturated rings. The number of benzene rings is 1. The van der Waals surface area contributed by atoms with E-state index in [1.54, 1.807) is 13.0 Å². The van der Waals surface area contributed by atoms with Crippen LogP contribution in [0.5, 0.6) is 0 Å². The third kappa shape index (κ3) is 4.79. The average Bonchev–Trinajstić information content (AvgIpc) is 3.02. The average molecular weight is 347 g/mol. The Morgan fingerprint density at radius 1 is 1.40 bits per heavy atom. The summed E-state index contributed by atoms with van der Waals surface area (Å²) in [4.78, 5) is 14.9. The molecule has 138 valence electrons. The number of piperidine rings is 1. The first kappa shape index (κ1) is 18.3. The monoisotopic (exact) mass is 347 g/mol. The van der Waals surface area contributed by atoms with E-state index >= 15 is 0 Å². The first-order chi connectivity index (χ1) is 12.0. The zero-order chi connectivity index (χ0) is 17.9. The highest BCUT2D eigenvalue weighted by atomic mass is 19.1. The van der Waals surface area contributed by atoms with E-state index in [1.807, 2.05) is 6.07 Å². The molecule has 0 bridgehead atoms. The highest BCUT2D eigenvalue weighted by Gasteiger charge is 2.33. The predicted molar refractivity (Wildman–Crippen MR) is 97.7 cm³/mol. The van der Waals surface area contributed by atoms with Crippen LogP contribution in [-0.4, -0.2) is 43.5 Å². The molecule has 1 atom stereocenters. The van der Waals surface area contributed by atoms with Gasteiger partial charge in [-0.2, -0.15) is 0 Å². The van der Waals surface area contributed by atoms with Crippen LogP contribution in [0.1, 0.15) is 37.3 Å². The first-order valence-corrected chi connectivity index (χ1v) is 9.41. The maximum absolute atomic E-state index is 13.6. The Bertz CT molecular complexity index is 605. The van der Waals surface area contributed by atoms with Crippen molar-refractivity contribution in [3.8, 4) is 0 Å². The largest absolute Gasteiger partial charge is 0.352 e. The van der Waals surface area contributed by atoms with E-state index in [4.69, 9.17) is 0 Å². The lowest BCUT2D eigenvalue weighted by molar-refractivity contribution is -0.126. The fourth-order valence-corrected chi connectivity index (χ4v) is 3.98. The summed E-state index contributed by atoms with van der Waals surface area (Å²) in [6, 6.07) is 5.14. The van der Waals surface area contributed by atoms with Gasteiger partial charge in [0.1, 0.15) is 5.82 Å². The Morgan fingerprint density at radius 2 is 2.16 bits per heavy atom. The molecule has 4 nitrogen and oxygen atoms in total. The second-order valence-corrected chi connectivity index (χ2v) is 8.09. The zero-order valence-corrected chi connectivity index (χ0v) is 15.4. The van der Waals surface area contributed by atoms with Gasteiger partial charge in [-0.15, -0.1) is 0 Å². The lowest BCUT2D eigenvalue weighted by Gasteiger charge is -2.36. The molecule has 1 aromatic carbocycles. The maximum Gasteiger partial charge on any atom is 0.223 e. The standard InChI is InChI=1S/C20H30FN3O/c1-15-3-4-16(11-18(15)21)12-23-19(25)17-5-9-24(10-6-17)14-20(2)7-8-22-13-20/h3-4,11,17,22H,5-10,12-14H2,1-2H3,(H,23,25). The van der Waals surface area contributed by atoms with Crippen LogP contribution in [-0.2, 0) is 11.3 Å². The number of carbonyl (C=O) groups is 1. The molecule has 0 aliphatic carbocycles. The molecular weight excluding hydrogens is 317 g/mol. The van der Waals surface area contributed by atoms with Crippen LogP contribution in [0.4, 0.5) is 4.39 Å². The number of aryl methyl sites for hydroxylation is 1. The van der Waals surface area contributed by atoms with Crippen molar-refractivity contribution in [1.29, 1.82) is 0 Å². The van der Waals surface area contributed by atoms with Gasteiger partial charge in [-0.3, -0.25) is 4.79 Å². The number of carbonyl (C=O) groups excluding carboxylic acids is 1. The van der Waals surface area contributed by atoms with Crippen molar-refractivity contribution in [3.63, 3.8) is 0 Å². The Kier molecular flexibility index (Phi) is 5.74. The molecule has 1 aromatic rings. The first-order valence-electron chi connectivity index (χ1n) is 9.41. The van der Waals surface area contributed by atoms with Crippen molar-refractivity contribution in [3.05, 3.63) is 35.1 Å². The molecule has 0 spiro atoms. The summed E-state index contributed by atoms with van der Waals surface area (Å²) < 4.78 is 13.6. The summed E-state index contributed by atoms with van der Waals surface area (Å²) in [5.74, 6) is -0.0228. The van der Waals surface area contributed by atoms with Gasteiger partial charge in [-0.1, -0.05) is 19.1 Å². The molecule has 5 heteroatoms. The molecule has 3 rings (SSSR count). The van der Waals surface area contributed by atoms with E-state index in [0.29, 0.717) is 17.5 Å². The third-order valence-electron chi connectivity index (χ3n) is 5.72. The summed E-state index contributed by atoms with van der Waals surface area (Å²) in [6.07, 6.45) is 3.07. The molecule has 2 heterocycles. The van der Waals surface area contributed by atoms with Gasteiger partial charge in [-0.25, -0.2) is 4.39 Å².